The lowest BCUT2D eigenvalue weighted by Crippen LogP contribution is -2.23. The highest BCUT2D eigenvalue weighted by atomic mass is 79.9. The summed E-state index contributed by atoms with van der Waals surface area (Å²) in [4.78, 5) is 17.1. The van der Waals surface area contributed by atoms with Gasteiger partial charge in [-0.3, -0.25) is 0 Å². The number of sulfone groups is 1. The lowest BCUT2D eigenvalue weighted by molar-refractivity contribution is 0.303. The Bertz CT molecular complexity index is 2120. The molecule has 234 valence electrons. The molecule has 0 amide bonds. The highest BCUT2D eigenvalue weighted by Gasteiger charge is 2.17. The zero-order valence-corrected chi connectivity index (χ0v) is 27.2. The summed E-state index contributed by atoms with van der Waals surface area (Å²) < 4.78 is 60.2. The van der Waals surface area contributed by atoms with Gasteiger partial charge in [0.1, 0.15) is 41.1 Å². The monoisotopic (exact) mass is 722 g/mol. The van der Waals surface area contributed by atoms with Crippen LogP contribution in [0.2, 0.25) is 0 Å². The average Bonchev–Trinajstić information content (AvgIpc) is 3.52. The number of thiazole rings is 1. The maximum absolute atomic E-state index is 15.2. The van der Waals surface area contributed by atoms with Crippen LogP contribution in [-0.4, -0.2) is 40.7 Å². The summed E-state index contributed by atoms with van der Waals surface area (Å²) in [5, 5.41) is 9.42. The first kappa shape index (κ1) is 31.6. The number of pyridine rings is 1. The van der Waals surface area contributed by atoms with Crippen LogP contribution in [0.15, 0.2) is 100 Å². The molecule has 0 atom stereocenters. The van der Waals surface area contributed by atoms with E-state index in [0.717, 1.165) is 0 Å². The number of fused-ring (bicyclic) bond motifs is 1. The Kier molecular flexibility index (Phi) is 9.59. The van der Waals surface area contributed by atoms with Gasteiger partial charge in [0.05, 0.1) is 21.4 Å². The first-order valence-corrected chi connectivity index (χ1v) is 17.2. The van der Waals surface area contributed by atoms with E-state index in [1.54, 1.807) is 41.8 Å². The van der Waals surface area contributed by atoms with Crippen LogP contribution in [0.3, 0.4) is 0 Å². The predicted octanol–water partition coefficient (Wildman–Crippen LogP) is 7.08. The predicted molar refractivity (Wildman–Crippen MR) is 177 cm³/mol. The number of aromatic nitrogens is 4. The minimum atomic E-state index is -3.50. The maximum Gasteiger partial charge on any atom is 0.196 e. The molecular formula is C32H25BrF2N6O3S2. The van der Waals surface area contributed by atoms with Gasteiger partial charge in [0, 0.05) is 47.4 Å². The van der Waals surface area contributed by atoms with Crippen LogP contribution in [-0.2, 0) is 23.0 Å². The Hall–Kier alpha value is -4.37. The molecule has 3 heterocycles. The first-order chi connectivity index (χ1) is 22.2. The fraction of sp³-hybridized carbons (Fsp3) is 0.125. The Balaban J connectivity index is 1.13. The Morgan fingerprint density at radius 3 is 2.65 bits per heavy atom. The number of benzene rings is 3. The topological polar surface area (TPSA) is 119 Å². The van der Waals surface area contributed by atoms with Crippen molar-refractivity contribution in [2.45, 2.75) is 18.2 Å². The van der Waals surface area contributed by atoms with E-state index in [1.165, 1.54) is 48.1 Å². The molecular weight excluding hydrogens is 698 g/mol. The van der Waals surface area contributed by atoms with Crippen LogP contribution in [0.5, 0.6) is 5.75 Å². The normalized spacial score (nSPS) is 11.5. The van der Waals surface area contributed by atoms with Crippen LogP contribution < -0.4 is 15.4 Å². The lowest BCUT2D eigenvalue weighted by Gasteiger charge is -2.13. The minimum absolute atomic E-state index is 0.0364. The SMILES string of the molecule is O=S(=O)(CCNCc1nc(-c2cc3c(Nc4ccc(OCc5cccc(F)c5)c(Br)c4)ncnc3cc2F)cs1)c1ccccn1. The molecule has 3 aromatic heterocycles. The lowest BCUT2D eigenvalue weighted by atomic mass is 10.1. The summed E-state index contributed by atoms with van der Waals surface area (Å²) in [6, 6.07) is 19.4. The average molecular weight is 724 g/mol. The molecule has 3 aromatic carbocycles. The third-order valence-electron chi connectivity index (χ3n) is 6.81. The molecule has 0 aliphatic carbocycles. The van der Waals surface area contributed by atoms with Gasteiger partial charge in [0.25, 0.3) is 0 Å². The molecule has 6 aromatic rings. The van der Waals surface area contributed by atoms with Crippen LogP contribution in [0.4, 0.5) is 20.3 Å². The minimum Gasteiger partial charge on any atom is -0.488 e. The van der Waals surface area contributed by atoms with Gasteiger partial charge in [-0.15, -0.1) is 11.3 Å². The van der Waals surface area contributed by atoms with Crippen molar-refractivity contribution in [1.82, 2.24) is 25.3 Å². The summed E-state index contributed by atoms with van der Waals surface area (Å²) in [6.45, 7) is 0.737. The second-order valence-electron chi connectivity index (χ2n) is 10.1. The second-order valence-corrected chi connectivity index (χ2v) is 13.9. The van der Waals surface area contributed by atoms with E-state index in [2.05, 4.69) is 46.5 Å². The van der Waals surface area contributed by atoms with E-state index in [1.807, 2.05) is 12.1 Å². The molecule has 0 bridgehead atoms. The highest BCUT2D eigenvalue weighted by molar-refractivity contribution is 9.10. The maximum atomic E-state index is 15.2. The molecule has 0 spiro atoms. The van der Waals surface area contributed by atoms with Crippen molar-refractivity contribution in [3.05, 3.63) is 117 Å². The van der Waals surface area contributed by atoms with Crippen LogP contribution >= 0.6 is 27.3 Å². The van der Waals surface area contributed by atoms with E-state index in [0.29, 0.717) is 55.4 Å². The molecule has 0 unspecified atom stereocenters. The van der Waals surface area contributed by atoms with Gasteiger partial charge in [-0.05, 0) is 70.0 Å². The number of nitrogens with zero attached hydrogens (tertiary/aromatic N) is 4. The van der Waals surface area contributed by atoms with Gasteiger partial charge in [0.2, 0.25) is 0 Å². The molecule has 14 heteroatoms. The molecule has 0 fully saturated rings. The van der Waals surface area contributed by atoms with Crippen molar-refractivity contribution < 1.29 is 21.9 Å². The highest BCUT2D eigenvalue weighted by Crippen LogP contribution is 2.34. The van der Waals surface area contributed by atoms with Gasteiger partial charge in [-0.25, -0.2) is 37.1 Å². The molecule has 0 saturated heterocycles. The smallest absolute Gasteiger partial charge is 0.196 e. The summed E-state index contributed by atoms with van der Waals surface area (Å²) >= 11 is 4.87. The zero-order chi connectivity index (χ0) is 32.1. The Labute approximate surface area is 275 Å². The number of hydrogen-bond acceptors (Lipinski definition) is 10. The van der Waals surface area contributed by atoms with Crippen molar-refractivity contribution >= 4 is 59.5 Å². The zero-order valence-electron chi connectivity index (χ0n) is 24.0. The number of rotatable bonds is 12. The van der Waals surface area contributed by atoms with Crippen LogP contribution in [0.1, 0.15) is 10.6 Å². The van der Waals surface area contributed by atoms with Gasteiger partial charge in [0.15, 0.2) is 14.9 Å². The van der Waals surface area contributed by atoms with Crippen molar-refractivity contribution in [1.29, 1.82) is 0 Å². The molecule has 0 saturated carbocycles. The van der Waals surface area contributed by atoms with E-state index in [-0.39, 0.29) is 35.3 Å². The molecule has 9 nitrogen and oxygen atoms in total. The fourth-order valence-corrected chi connectivity index (χ4v) is 6.93. The first-order valence-electron chi connectivity index (χ1n) is 13.9. The third kappa shape index (κ3) is 7.53. The van der Waals surface area contributed by atoms with Crippen molar-refractivity contribution in [2.75, 3.05) is 17.6 Å². The molecule has 0 aliphatic rings. The van der Waals surface area contributed by atoms with Gasteiger partial charge >= 0.3 is 0 Å². The van der Waals surface area contributed by atoms with Crippen LogP contribution in [0, 0.1) is 11.6 Å². The van der Waals surface area contributed by atoms with Crippen molar-refractivity contribution in [2.24, 2.45) is 0 Å². The number of nitrogens with one attached hydrogen (secondary N) is 2. The molecule has 6 rings (SSSR count). The standard InChI is InChI=1S/C32H25BrF2N6O3S2/c33-25-13-22(7-8-29(25)44-17-20-4-3-5-21(34)12-20)40-32-24-14-23(26(35)15-27(24)38-19-39-32)28-18-45-30(41-28)16-36-10-11-46(42,43)31-6-1-2-9-37-31/h1-9,12-15,18-19,36H,10-11,16-17H2,(H,38,39,40). The van der Waals surface area contributed by atoms with Crippen LogP contribution in [0.25, 0.3) is 22.2 Å². The fourth-order valence-electron chi connectivity index (χ4n) is 4.55. The van der Waals surface area contributed by atoms with Crippen molar-refractivity contribution in [3.8, 4) is 17.0 Å². The summed E-state index contributed by atoms with van der Waals surface area (Å²) in [7, 11) is -3.50. The summed E-state index contributed by atoms with van der Waals surface area (Å²) in [6.07, 6.45) is 2.80. The summed E-state index contributed by atoms with van der Waals surface area (Å²) in [5.41, 5.74) is 2.55. The number of halogens is 3. The van der Waals surface area contributed by atoms with E-state index < -0.39 is 15.7 Å². The van der Waals surface area contributed by atoms with Gasteiger partial charge < -0.3 is 15.4 Å². The number of hydrogen-bond donors (Lipinski definition) is 2. The molecule has 46 heavy (non-hydrogen) atoms. The van der Waals surface area contributed by atoms with E-state index in [9.17, 15) is 12.8 Å². The van der Waals surface area contributed by atoms with E-state index in [4.69, 9.17) is 4.74 Å². The number of ether oxygens (including phenoxy) is 1. The Morgan fingerprint density at radius 2 is 1.85 bits per heavy atom. The van der Waals surface area contributed by atoms with Gasteiger partial charge in [-0.2, -0.15) is 0 Å². The molecule has 0 aliphatic heterocycles. The molecule has 2 N–H and O–H groups in total. The quantitative estimate of drug-likeness (QED) is 0.128. The Morgan fingerprint density at radius 1 is 0.957 bits per heavy atom. The second kappa shape index (κ2) is 14.0. The van der Waals surface area contributed by atoms with E-state index >= 15 is 4.39 Å². The van der Waals surface area contributed by atoms with Crippen molar-refractivity contribution in [3.63, 3.8) is 0 Å². The molecule has 0 radical (unpaired) electrons. The van der Waals surface area contributed by atoms with Gasteiger partial charge in [-0.1, -0.05) is 18.2 Å². The number of anilines is 2. The largest absolute Gasteiger partial charge is 0.488 e. The summed E-state index contributed by atoms with van der Waals surface area (Å²) in [5.74, 6) is 0.132. The third-order valence-corrected chi connectivity index (χ3v) is 9.90.